The van der Waals surface area contributed by atoms with Crippen molar-refractivity contribution in [3.05, 3.63) is 59.4 Å². The fraction of sp³-hybridized carbons (Fsp3) is 0.516. The molecule has 0 fully saturated rings. The smallest absolute Gasteiger partial charge is 0.272 e. The minimum atomic E-state index is -0.311. The van der Waals surface area contributed by atoms with E-state index in [0.717, 1.165) is 17.7 Å². The fourth-order valence-corrected chi connectivity index (χ4v) is 6.10. The maximum absolute atomic E-state index is 13.9. The normalized spacial score (nSPS) is 18.9. The molecule has 0 radical (unpaired) electrons. The van der Waals surface area contributed by atoms with Gasteiger partial charge < -0.3 is 20.0 Å². The molecule has 3 aromatic rings. The largest absolute Gasteiger partial charge is 0.349 e. The number of amides is 4. The quantitative estimate of drug-likeness (QED) is 0.477. The number of hydrogen-bond acceptors (Lipinski definition) is 7. The molecule has 2 aromatic heterocycles. The van der Waals surface area contributed by atoms with Crippen molar-refractivity contribution in [2.24, 2.45) is 13.0 Å². The number of carbonyl (C=O) groups excluding carboxylic acids is 4. The van der Waals surface area contributed by atoms with Gasteiger partial charge in [-0.25, -0.2) is 9.67 Å². The topological polar surface area (TPSA) is 139 Å². The van der Waals surface area contributed by atoms with E-state index in [4.69, 9.17) is 0 Å². The first-order valence-corrected chi connectivity index (χ1v) is 15.2. The molecule has 0 spiro atoms. The van der Waals surface area contributed by atoms with Gasteiger partial charge in [-0.15, -0.1) is 0 Å². The van der Waals surface area contributed by atoms with Crippen molar-refractivity contribution in [1.29, 1.82) is 0 Å². The van der Waals surface area contributed by atoms with Crippen LogP contribution in [0.1, 0.15) is 65.2 Å². The van der Waals surface area contributed by atoms with Crippen LogP contribution >= 0.6 is 0 Å². The lowest BCUT2D eigenvalue weighted by Crippen LogP contribution is -2.47. The van der Waals surface area contributed by atoms with Crippen LogP contribution < -0.4 is 5.32 Å². The summed E-state index contributed by atoms with van der Waals surface area (Å²) in [5.41, 5.74) is 3.20. The Bertz CT molecular complexity index is 1510. The van der Waals surface area contributed by atoms with Crippen LogP contribution in [0, 0.1) is 5.92 Å². The van der Waals surface area contributed by atoms with Crippen LogP contribution in [0.15, 0.2) is 36.9 Å². The van der Waals surface area contributed by atoms with E-state index in [1.165, 1.54) is 17.3 Å². The zero-order chi connectivity index (χ0) is 31.4. The van der Waals surface area contributed by atoms with Gasteiger partial charge in [0.15, 0.2) is 5.69 Å². The van der Waals surface area contributed by atoms with Gasteiger partial charge in [0.05, 0.1) is 17.8 Å². The fourth-order valence-electron chi connectivity index (χ4n) is 6.10. The van der Waals surface area contributed by atoms with E-state index in [1.807, 2.05) is 27.0 Å². The van der Waals surface area contributed by atoms with Gasteiger partial charge in [0, 0.05) is 64.0 Å². The van der Waals surface area contributed by atoms with Crippen molar-refractivity contribution >= 4 is 23.6 Å². The molecule has 1 atom stereocenters. The van der Waals surface area contributed by atoms with Crippen molar-refractivity contribution in [3.63, 3.8) is 0 Å². The molecule has 1 aliphatic heterocycles. The number of carbonyl (C=O) groups is 4. The monoisotopic (exact) mass is 603 g/mol. The summed E-state index contributed by atoms with van der Waals surface area (Å²) < 4.78 is 3.29. The average molecular weight is 604 g/mol. The van der Waals surface area contributed by atoms with E-state index in [1.54, 1.807) is 44.6 Å². The Balaban J connectivity index is 1.44. The highest BCUT2D eigenvalue weighted by molar-refractivity contribution is 5.98. The SMILES string of the molecule is CC(C)CN1CC(=O)N(C)C2CCc3c(c(nn3C)C(=O)NCCN(C(=O)c3ccccc3-n3cncn3)CCCC1=O)C2. The van der Waals surface area contributed by atoms with E-state index in [-0.39, 0.29) is 68.2 Å². The molecule has 13 heteroatoms. The van der Waals surface area contributed by atoms with Crippen molar-refractivity contribution in [1.82, 2.24) is 44.6 Å². The van der Waals surface area contributed by atoms with Crippen molar-refractivity contribution in [2.75, 3.05) is 39.8 Å². The van der Waals surface area contributed by atoms with E-state index in [0.29, 0.717) is 42.8 Å². The van der Waals surface area contributed by atoms with Crippen LogP contribution in [-0.2, 0) is 29.5 Å². The number of hydrogen-bond donors (Lipinski definition) is 1. The van der Waals surface area contributed by atoms with E-state index in [2.05, 4.69) is 20.5 Å². The molecular weight excluding hydrogens is 562 g/mol. The lowest BCUT2D eigenvalue weighted by Gasteiger charge is -2.34. The highest BCUT2D eigenvalue weighted by atomic mass is 16.2. The van der Waals surface area contributed by atoms with Gasteiger partial charge in [-0.2, -0.15) is 10.2 Å². The molecule has 2 aliphatic rings. The Morgan fingerprint density at radius 2 is 1.86 bits per heavy atom. The summed E-state index contributed by atoms with van der Waals surface area (Å²) in [6.45, 7) is 5.23. The number of nitrogens with one attached hydrogen (secondary N) is 1. The van der Waals surface area contributed by atoms with Crippen LogP contribution in [0.4, 0.5) is 0 Å². The van der Waals surface area contributed by atoms with Crippen LogP contribution in [0.5, 0.6) is 0 Å². The summed E-state index contributed by atoms with van der Waals surface area (Å²) in [5, 5.41) is 11.7. The van der Waals surface area contributed by atoms with E-state index >= 15 is 0 Å². The molecule has 0 saturated heterocycles. The predicted octanol–water partition coefficient (Wildman–Crippen LogP) is 1.47. The van der Waals surface area contributed by atoms with Gasteiger partial charge in [0.1, 0.15) is 12.7 Å². The third-order valence-electron chi connectivity index (χ3n) is 8.42. The molecule has 0 saturated carbocycles. The molecule has 3 heterocycles. The first-order chi connectivity index (χ1) is 21.1. The van der Waals surface area contributed by atoms with Gasteiger partial charge in [0.25, 0.3) is 11.8 Å². The summed E-state index contributed by atoms with van der Waals surface area (Å²) in [5.74, 6) is -0.619. The molecule has 234 valence electrons. The minimum absolute atomic E-state index is 0.00875. The minimum Gasteiger partial charge on any atom is -0.349 e. The van der Waals surface area contributed by atoms with Gasteiger partial charge in [-0.05, 0) is 43.7 Å². The van der Waals surface area contributed by atoms with Crippen molar-refractivity contribution in [3.8, 4) is 5.69 Å². The van der Waals surface area contributed by atoms with Crippen LogP contribution in [0.2, 0.25) is 0 Å². The van der Waals surface area contributed by atoms with Gasteiger partial charge >= 0.3 is 0 Å². The van der Waals surface area contributed by atoms with Crippen molar-refractivity contribution < 1.29 is 19.2 Å². The second-order valence-corrected chi connectivity index (χ2v) is 12.0. The third-order valence-corrected chi connectivity index (χ3v) is 8.42. The number of nitrogens with zero attached hydrogens (tertiary/aromatic N) is 8. The number of para-hydroxylation sites is 1. The van der Waals surface area contributed by atoms with E-state index in [9.17, 15) is 19.2 Å². The van der Waals surface area contributed by atoms with Crippen LogP contribution in [0.3, 0.4) is 0 Å². The van der Waals surface area contributed by atoms with Gasteiger partial charge in [0.2, 0.25) is 11.8 Å². The Hall–Kier alpha value is -4.55. The average Bonchev–Trinajstić information content (AvgIpc) is 3.66. The molecule has 1 aromatic carbocycles. The molecule has 5 rings (SSSR count). The van der Waals surface area contributed by atoms with E-state index < -0.39 is 0 Å². The standard InChI is InChI=1S/C31H41N9O4/c1-21(2)17-39-18-28(42)36(3)22-11-12-25-24(16-22)29(35-37(25)4)30(43)33-13-15-38(14-7-10-27(39)41)31(44)23-8-5-6-9-26(23)40-20-32-19-34-40/h5-6,8-9,19-22H,7,10-18H2,1-4H3,(H,33,43). The highest BCUT2D eigenvalue weighted by Gasteiger charge is 2.33. The number of aromatic nitrogens is 5. The molecule has 4 amide bonds. The van der Waals surface area contributed by atoms with Crippen LogP contribution in [0.25, 0.3) is 5.69 Å². The van der Waals surface area contributed by atoms with Gasteiger partial charge in [-0.1, -0.05) is 26.0 Å². The number of rotatable bonds is 4. The number of likely N-dealkylation sites (N-methyl/N-ethyl adjacent to an activating group) is 1. The first-order valence-electron chi connectivity index (χ1n) is 15.2. The maximum Gasteiger partial charge on any atom is 0.272 e. The van der Waals surface area contributed by atoms with Crippen LogP contribution in [-0.4, -0.2) is 109 Å². The molecule has 1 aliphatic carbocycles. The summed E-state index contributed by atoms with van der Waals surface area (Å²) in [7, 11) is 3.61. The molecule has 13 nitrogen and oxygen atoms in total. The Kier molecular flexibility index (Phi) is 9.40. The Labute approximate surface area is 257 Å². The molecule has 44 heavy (non-hydrogen) atoms. The summed E-state index contributed by atoms with van der Waals surface area (Å²) in [6.07, 6.45) is 5.48. The first kappa shape index (κ1) is 30.9. The second-order valence-electron chi connectivity index (χ2n) is 12.0. The zero-order valence-corrected chi connectivity index (χ0v) is 25.9. The summed E-state index contributed by atoms with van der Waals surface area (Å²) in [4.78, 5) is 63.3. The zero-order valence-electron chi connectivity index (χ0n) is 25.9. The molecule has 1 unspecified atom stereocenters. The molecule has 1 N–H and O–H groups in total. The highest BCUT2D eigenvalue weighted by Crippen LogP contribution is 2.27. The van der Waals surface area contributed by atoms with Gasteiger partial charge in [-0.3, -0.25) is 23.9 Å². The summed E-state index contributed by atoms with van der Waals surface area (Å²) >= 11 is 0. The number of aryl methyl sites for hydroxylation is 1. The Morgan fingerprint density at radius 1 is 1.07 bits per heavy atom. The Morgan fingerprint density at radius 3 is 2.61 bits per heavy atom. The number of fused-ring (bicyclic) bond motifs is 1. The van der Waals surface area contributed by atoms with Crippen molar-refractivity contribution in [2.45, 2.75) is 52.0 Å². The predicted molar refractivity (Wildman–Crippen MR) is 162 cm³/mol. The lowest BCUT2D eigenvalue weighted by molar-refractivity contribution is -0.141. The summed E-state index contributed by atoms with van der Waals surface area (Å²) in [6, 6.07) is 7.03. The maximum atomic E-state index is 13.9. The molecular formula is C31H41N9O4. The third kappa shape index (κ3) is 6.66. The molecule has 2 bridgehead atoms. The lowest BCUT2D eigenvalue weighted by atomic mass is 9.90. The number of benzene rings is 1. The second kappa shape index (κ2) is 13.4.